The number of hydrogen-bond donors (Lipinski definition) is 1. The second-order valence-electron chi connectivity index (χ2n) is 6.82. The average molecular weight is 352 g/mol. The smallest absolute Gasteiger partial charge is 0.330 e. The fourth-order valence-corrected chi connectivity index (χ4v) is 3.78. The lowest BCUT2D eigenvalue weighted by Crippen LogP contribution is -2.35. The summed E-state index contributed by atoms with van der Waals surface area (Å²) in [4.78, 5) is 34.7. The van der Waals surface area contributed by atoms with E-state index < -0.39 is 17.5 Å². The van der Waals surface area contributed by atoms with Gasteiger partial charge in [-0.1, -0.05) is 13.0 Å². The Morgan fingerprint density at radius 3 is 2.92 bits per heavy atom. The van der Waals surface area contributed by atoms with Gasteiger partial charge in [0.25, 0.3) is 5.91 Å². The van der Waals surface area contributed by atoms with Gasteiger partial charge in [0, 0.05) is 0 Å². The van der Waals surface area contributed by atoms with E-state index in [1.54, 1.807) is 0 Å². The van der Waals surface area contributed by atoms with Crippen LogP contribution in [0.15, 0.2) is 24.4 Å². The number of fused-ring (bicyclic) bond motifs is 2. The summed E-state index contributed by atoms with van der Waals surface area (Å²) in [5.74, 6) is 1.68. The van der Waals surface area contributed by atoms with Crippen LogP contribution in [0.1, 0.15) is 31.5 Å². The molecule has 0 spiro atoms. The minimum Gasteiger partial charge on any atom is -0.492 e. The number of anilines is 1. The van der Waals surface area contributed by atoms with Crippen molar-refractivity contribution in [2.75, 3.05) is 11.5 Å². The highest BCUT2D eigenvalue weighted by Crippen LogP contribution is 2.53. The molecule has 2 atom stereocenters. The number of amides is 3. The van der Waals surface area contributed by atoms with Gasteiger partial charge in [-0.2, -0.15) is 0 Å². The van der Waals surface area contributed by atoms with Crippen LogP contribution in [0.25, 0.3) is 0 Å². The molecule has 3 aliphatic rings. The number of urea groups is 1. The molecule has 0 aliphatic carbocycles. The molecule has 1 unspecified atom stereocenters. The van der Waals surface area contributed by atoms with E-state index in [1.807, 2.05) is 32.0 Å². The predicted octanol–water partition coefficient (Wildman–Crippen LogP) is 2.12. The summed E-state index contributed by atoms with van der Waals surface area (Å²) < 4.78 is 11.7. The topological polar surface area (TPSA) is 93.7 Å². The van der Waals surface area contributed by atoms with Crippen LogP contribution >= 0.6 is 0 Å². The van der Waals surface area contributed by atoms with E-state index in [1.165, 1.54) is 6.20 Å². The third-order valence-corrected chi connectivity index (χ3v) is 5.17. The molecule has 1 fully saturated rings. The van der Waals surface area contributed by atoms with Crippen LogP contribution < -0.4 is 19.7 Å². The predicted molar refractivity (Wildman–Crippen MR) is 90.6 cm³/mol. The molecule has 3 aliphatic heterocycles. The van der Waals surface area contributed by atoms with Crippen LogP contribution in [0.3, 0.4) is 0 Å². The lowest BCUT2D eigenvalue weighted by Gasteiger charge is -2.30. The van der Waals surface area contributed by atoms with Crippen molar-refractivity contribution in [1.82, 2.24) is 15.3 Å². The van der Waals surface area contributed by atoms with Gasteiger partial charge in [0.05, 0.1) is 17.2 Å². The van der Waals surface area contributed by atoms with Crippen LogP contribution in [0.2, 0.25) is 0 Å². The number of hydrogen-bond acceptors (Lipinski definition) is 6. The molecule has 3 amide bonds. The molecular weight excluding hydrogens is 336 g/mol. The van der Waals surface area contributed by atoms with Crippen LogP contribution in [0.5, 0.6) is 17.4 Å². The lowest BCUT2D eigenvalue weighted by molar-refractivity contribution is -0.118. The molecule has 8 nitrogen and oxygen atoms in total. The second kappa shape index (κ2) is 4.94. The Kier molecular flexibility index (Phi) is 2.87. The monoisotopic (exact) mass is 352 g/mol. The first-order valence-electron chi connectivity index (χ1n) is 8.49. The summed E-state index contributed by atoms with van der Waals surface area (Å²) in [6, 6.07) is 4.60. The van der Waals surface area contributed by atoms with E-state index in [4.69, 9.17) is 9.47 Å². The van der Waals surface area contributed by atoms with Crippen molar-refractivity contribution in [2.24, 2.45) is 0 Å². The summed E-state index contributed by atoms with van der Waals surface area (Å²) in [5.41, 5.74) is 0.932. The molecule has 0 radical (unpaired) electrons. The molecule has 1 aromatic carbocycles. The average Bonchev–Trinajstić information content (AvgIpc) is 3.14. The molecule has 1 aromatic heterocycles. The van der Waals surface area contributed by atoms with Gasteiger partial charge in [-0.05, 0) is 25.5 Å². The zero-order valence-electron chi connectivity index (χ0n) is 14.3. The first kappa shape index (κ1) is 15.1. The van der Waals surface area contributed by atoms with Gasteiger partial charge in [0.1, 0.15) is 29.8 Å². The summed E-state index contributed by atoms with van der Waals surface area (Å²) in [5, 5.41) is 2.66. The van der Waals surface area contributed by atoms with E-state index in [9.17, 15) is 9.59 Å². The highest BCUT2D eigenvalue weighted by Gasteiger charge is 2.48. The van der Waals surface area contributed by atoms with Crippen molar-refractivity contribution in [2.45, 2.75) is 31.7 Å². The zero-order chi connectivity index (χ0) is 18.1. The van der Waals surface area contributed by atoms with Gasteiger partial charge in [-0.15, -0.1) is 0 Å². The Morgan fingerprint density at radius 2 is 2.15 bits per heavy atom. The molecule has 0 bridgehead atoms. The summed E-state index contributed by atoms with van der Waals surface area (Å²) >= 11 is 0. The maximum absolute atomic E-state index is 12.5. The standard InChI is InChI=1S/C18H16N4O4/c1-3-9-16(23)22(17(24)20-9)12-7-19-15-14(21-12)18(2)8-25-10-5-4-6-11(26-15)13(10)18/h4-7,9H,3,8H2,1-2H3,(H,20,24)/t9-,18?/m1/s1. The molecule has 2 aromatic rings. The van der Waals surface area contributed by atoms with Crippen molar-refractivity contribution < 1.29 is 19.1 Å². The molecule has 0 saturated carbocycles. The van der Waals surface area contributed by atoms with E-state index >= 15 is 0 Å². The van der Waals surface area contributed by atoms with Crippen LogP contribution in [-0.2, 0) is 10.2 Å². The molecule has 1 saturated heterocycles. The van der Waals surface area contributed by atoms with Crippen LogP contribution in [0, 0.1) is 0 Å². The summed E-state index contributed by atoms with van der Waals surface area (Å²) in [7, 11) is 0. The van der Waals surface area contributed by atoms with E-state index in [-0.39, 0.29) is 11.7 Å². The quantitative estimate of drug-likeness (QED) is 0.832. The van der Waals surface area contributed by atoms with Gasteiger partial charge in [-0.25, -0.2) is 19.7 Å². The number of nitrogens with zero attached hydrogens (tertiary/aromatic N) is 3. The fourth-order valence-electron chi connectivity index (χ4n) is 3.78. The first-order valence-corrected chi connectivity index (χ1v) is 8.49. The van der Waals surface area contributed by atoms with E-state index in [0.717, 1.165) is 16.2 Å². The third-order valence-electron chi connectivity index (χ3n) is 5.17. The number of ether oxygens (including phenoxy) is 2. The highest BCUT2D eigenvalue weighted by atomic mass is 16.5. The Labute approximate surface area is 149 Å². The first-order chi connectivity index (χ1) is 12.5. The third kappa shape index (κ3) is 1.78. The Hall–Kier alpha value is -3.16. The van der Waals surface area contributed by atoms with Gasteiger partial charge < -0.3 is 14.8 Å². The van der Waals surface area contributed by atoms with E-state index in [2.05, 4.69) is 15.3 Å². The number of benzene rings is 1. The maximum Gasteiger partial charge on any atom is 0.330 e. The maximum atomic E-state index is 12.5. The van der Waals surface area contributed by atoms with Crippen LogP contribution in [-0.4, -0.2) is 34.6 Å². The Morgan fingerprint density at radius 1 is 1.35 bits per heavy atom. The van der Waals surface area contributed by atoms with Crippen LogP contribution in [0.4, 0.5) is 10.6 Å². The lowest BCUT2D eigenvalue weighted by atomic mass is 9.79. The molecular formula is C18H16N4O4. The van der Waals surface area contributed by atoms with E-state index in [0.29, 0.717) is 30.4 Å². The second-order valence-corrected chi connectivity index (χ2v) is 6.82. The molecule has 132 valence electrons. The number of nitrogens with one attached hydrogen (secondary N) is 1. The number of rotatable bonds is 2. The molecule has 8 heteroatoms. The molecule has 1 N–H and O–H groups in total. The number of carbonyl (C=O) groups excluding carboxylic acids is 2. The molecule has 4 heterocycles. The highest BCUT2D eigenvalue weighted by molar-refractivity contribution is 6.20. The minimum atomic E-state index is -0.550. The fraction of sp³-hybridized carbons (Fsp3) is 0.333. The van der Waals surface area contributed by atoms with Crippen molar-refractivity contribution in [1.29, 1.82) is 0 Å². The number of imide groups is 1. The normalized spacial score (nSPS) is 25.3. The van der Waals surface area contributed by atoms with Gasteiger partial charge in [0.2, 0.25) is 5.88 Å². The Bertz CT molecular complexity index is 976. The van der Waals surface area contributed by atoms with Crippen molar-refractivity contribution >= 4 is 17.8 Å². The van der Waals surface area contributed by atoms with Gasteiger partial charge in [0.15, 0.2) is 5.82 Å². The SMILES string of the molecule is CC[C@H]1NC(=O)N(c2cnc3c(n2)C2(C)COc4cccc(c42)O3)C1=O. The minimum absolute atomic E-state index is 0.194. The zero-order valence-corrected chi connectivity index (χ0v) is 14.3. The number of carbonyl (C=O) groups is 2. The largest absolute Gasteiger partial charge is 0.492 e. The summed E-state index contributed by atoms with van der Waals surface area (Å²) in [6.07, 6.45) is 1.91. The van der Waals surface area contributed by atoms with Crippen molar-refractivity contribution in [3.63, 3.8) is 0 Å². The van der Waals surface area contributed by atoms with Gasteiger partial charge >= 0.3 is 6.03 Å². The molecule has 5 rings (SSSR count). The Balaban J connectivity index is 1.63. The van der Waals surface area contributed by atoms with Crippen molar-refractivity contribution in [3.8, 4) is 17.4 Å². The molecule has 26 heavy (non-hydrogen) atoms. The number of aromatic nitrogens is 2. The van der Waals surface area contributed by atoms with Crippen molar-refractivity contribution in [3.05, 3.63) is 35.7 Å². The van der Waals surface area contributed by atoms with Gasteiger partial charge in [-0.3, -0.25) is 4.79 Å². The summed E-state index contributed by atoms with van der Waals surface area (Å²) in [6.45, 7) is 4.24.